The van der Waals surface area contributed by atoms with Gasteiger partial charge in [-0.25, -0.2) is 12.8 Å². The highest BCUT2D eigenvalue weighted by Gasteiger charge is 2.33. The number of hydrogen-bond acceptors (Lipinski definition) is 4. The molecule has 0 saturated carbocycles. The van der Waals surface area contributed by atoms with Gasteiger partial charge >= 0.3 is 0 Å². The Balaban J connectivity index is 2.01. The molecule has 1 unspecified atom stereocenters. The van der Waals surface area contributed by atoms with Crippen molar-refractivity contribution in [2.45, 2.75) is 51.1 Å². The smallest absolute Gasteiger partial charge is 0.264 e. The molecule has 1 N–H and O–H groups in total. The minimum atomic E-state index is -4.33. The first-order valence-corrected chi connectivity index (χ1v) is 14.9. The van der Waals surface area contributed by atoms with Crippen LogP contribution >= 0.6 is 15.9 Å². The van der Waals surface area contributed by atoms with Crippen molar-refractivity contribution in [2.75, 3.05) is 17.4 Å². The largest absolute Gasteiger partial charge is 0.354 e. The van der Waals surface area contributed by atoms with Crippen molar-refractivity contribution >= 4 is 43.5 Å². The molecule has 0 spiro atoms. The Hall–Kier alpha value is -3.24. The molecule has 0 fully saturated rings. The first-order chi connectivity index (χ1) is 18.5. The van der Waals surface area contributed by atoms with Crippen molar-refractivity contribution in [3.05, 3.63) is 94.2 Å². The van der Waals surface area contributed by atoms with Crippen molar-refractivity contribution in [1.29, 1.82) is 0 Å². The summed E-state index contributed by atoms with van der Waals surface area (Å²) in [6.07, 6.45) is 1.68. The summed E-state index contributed by atoms with van der Waals surface area (Å²) >= 11 is 3.42. The van der Waals surface area contributed by atoms with Crippen LogP contribution in [0.25, 0.3) is 0 Å². The molecule has 0 saturated heterocycles. The van der Waals surface area contributed by atoms with Crippen molar-refractivity contribution in [3.8, 4) is 0 Å². The van der Waals surface area contributed by atoms with Gasteiger partial charge in [0, 0.05) is 17.6 Å². The van der Waals surface area contributed by atoms with E-state index in [2.05, 4.69) is 21.2 Å². The highest BCUT2D eigenvalue weighted by atomic mass is 79.9. The van der Waals surface area contributed by atoms with Crippen LogP contribution in [0.15, 0.2) is 82.2 Å². The maximum atomic E-state index is 15.0. The van der Waals surface area contributed by atoms with E-state index < -0.39 is 34.3 Å². The summed E-state index contributed by atoms with van der Waals surface area (Å²) in [5.74, 6) is -1.79. The van der Waals surface area contributed by atoms with Crippen molar-refractivity contribution in [2.24, 2.45) is 0 Å². The zero-order valence-electron chi connectivity index (χ0n) is 22.2. The van der Waals surface area contributed by atoms with Gasteiger partial charge in [-0.3, -0.25) is 13.9 Å². The van der Waals surface area contributed by atoms with E-state index in [1.807, 2.05) is 38.1 Å². The predicted octanol–water partition coefficient (Wildman–Crippen LogP) is 5.43. The number of rotatable bonds is 12. The molecule has 1 atom stereocenters. The number of unbranched alkanes of at least 4 members (excludes halogenated alkanes) is 1. The van der Waals surface area contributed by atoms with Crippen LogP contribution in [0.1, 0.15) is 37.8 Å². The molecule has 0 aliphatic rings. The molecular formula is C29H33BrFN3O4S. The molecule has 0 aliphatic carbocycles. The van der Waals surface area contributed by atoms with E-state index in [1.54, 1.807) is 19.1 Å². The molecule has 0 aromatic heterocycles. The zero-order chi connectivity index (χ0) is 28.6. The topological polar surface area (TPSA) is 86.8 Å². The van der Waals surface area contributed by atoms with E-state index in [0.717, 1.165) is 38.8 Å². The fourth-order valence-electron chi connectivity index (χ4n) is 3.96. The number of sulfonamides is 1. The Morgan fingerprint density at radius 2 is 1.72 bits per heavy atom. The zero-order valence-corrected chi connectivity index (χ0v) is 24.6. The summed E-state index contributed by atoms with van der Waals surface area (Å²) in [7, 11) is -4.33. The normalized spacial score (nSPS) is 12.0. The number of nitrogens with zero attached hydrogens (tertiary/aromatic N) is 2. The van der Waals surface area contributed by atoms with Crippen LogP contribution in [0.2, 0.25) is 0 Å². The number of aryl methyl sites for hydroxylation is 1. The predicted molar refractivity (Wildman–Crippen MR) is 154 cm³/mol. The molecule has 3 aromatic rings. The summed E-state index contributed by atoms with van der Waals surface area (Å²) < 4.78 is 44.0. The van der Waals surface area contributed by atoms with E-state index in [1.165, 1.54) is 35.2 Å². The number of carbonyl (C=O) groups excluding carboxylic acids is 2. The number of nitrogens with one attached hydrogen (secondary N) is 1. The standard InChI is InChI=1S/C29H33BrFN3O4S/c1-4-5-17-32-29(36)22(3)33(19-23-9-8-10-24(30)18-23)28(35)20-34(27-12-7-6-11-26(27)31)39(37,38)25-15-13-21(2)14-16-25/h6-16,18,22H,4-5,17,19-20H2,1-3H3,(H,32,36). The Kier molecular flexibility index (Phi) is 10.7. The first-order valence-electron chi connectivity index (χ1n) is 12.7. The molecule has 10 heteroatoms. The fourth-order valence-corrected chi connectivity index (χ4v) is 5.82. The molecule has 0 heterocycles. The summed E-state index contributed by atoms with van der Waals surface area (Å²) in [6, 6.07) is 17.9. The summed E-state index contributed by atoms with van der Waals surface area (Å²) in [5.41, 5.74) is 1.34. The van der Waals surface area contributed by atoms with Gasteiger partial charge in [-0.15, -0.1) is 0 Å². The number of benzene rings is 3. The number of anilines is 1. The molecule has 0 bridgehead atoms. The second-order valence-electron chi connectivity index (χ2n) is 9.25. The summed E-state index contributed by atoms with van der Waals surface area (Å²) in [4.78, 5) is 28.1. The van der Waals surface area contributed by atoms with Crippen molar-refractivity contribution in [1.82, 2.24) is 10.2 Å². The van der Waals surface area contributed by atoms with Crippen molar-refractivity contribution < 1.29 is 22.4 Å². The van der Waals surface area contributed by atoms with Gasteiger partial charge in [-0.05, 0) is 62.2 Å². The monoisotopic (exact) mass is 617 g/mol. The van der Waals surface area contributed by atoms with E-state index in [9.17, 15) is 22.4 Å². The molecule has 3 rings (SSSR count). The average molecular weight is 619 g/mol. The van der Waals surface area contributed by atoms with E-state index in [0.29, 0.717) is 6.54 Å². The SMILES string of the molecule is CCCCNC(=O)C(C)N(Cc1cccc(Br)c1)C(=O)CN(c1ccccc1F)S(=O)(=O)c1ccc(C)cc1. The highest BCUT2D eigenvalue weighted by Crippen LogP contribution is 2.27. The number of carbonyl (C=O) groups is 2. The summed E-state index contributed by atoms with van der Waals surface area (Å²) in [5, 5.41) is 2.84. The molecule has 0 aliphatic heterocycles. The van der Waals surface area contributed by atoms with Crippen LogP contribution in [0.4, 0.5) is 10.1 Å². The second-order valence-corrected chi connectivity index (χ2v) is 12.0. The van der Waals surface area contributed by atoms with Crippen LogP contribution in [0.3, 0.4) is 0 Å². The number of hydrogen-bond donors (Lipinski definition) is 1. The molecule has 208 valence electrons. The minimum Gasteiger partial charge on any atom is -0.354 e. The molecular weight excluding hydrogens is 585 g/mol. The van der Waals surface area contributed by atoms with Gasteiger partial charge in [0.25, 0.3) is 10.0 Å². The van der Waals surface area contributed by atoms with E-state index in [-0.39, 0.29) is 23.0 Å². The van der Waals surface area contributed by atoms with Gasteiger partial charge in [0.15, 0.2) is 0 Å². The van der Waals surface area contributed by atoms with Gasteiger partial charge in [-0.2, -0.15) is 0 Å². The third kappa shape index (κ3) is 7.89. The third-order valence-corrected chi connectivity index (χ3v) is 8.52. The lowest BCUT2D eigenvalue weighted by atomic mass is 10.1. The Morgan fingerprint density at radius 3 is 2.36 bits per heavy atom. The van der Waals surface area contributed by atoms with Gasteiger partial charge in [-0.1, -0.05) is 71.2 Å². The van der Waals surface area contributed by atoms with Gasteiger partial charge in [0.1, 0.15) is 18.4 Å². The van der Waals surface area contributed by atoms with Gasteiger partial charge in [0.2, 0.25) is 11.8 Å². The highest BCUT2D eigenvalue weighted by molar-refractivity contribution is 9.10. The Bertz CT molecular complexity index is 1400. The quantitative estimate of drug-likeness (QED) is 0.275. The van der Waals surface area contributed by atoms with Crippen LogP contribution < -0.4 is 9.62 Å². The maximum Gasteiger partial charge on any atom is 0.264 e. The molecule has 3 aromatic carbocycles. The lowest BCUT2D eigenvalue weighted by Crippen LogP contribution is -2.51. The van der Waals surface area contributed by atoms with Crippen LogP contribution in [0.5, 0.6) is 0 Å². The average Bonchev–Trinajstić information content (AvgIpc) is 2.90. The van der Waals surface area contributed by atoms with Gasteiger partial charge < -0.3 is 10.2 Å². The van der Waals surface area contributed by atoms with Crippen LogP contribution in [-0.2, 0) is 26.2 Å². The lowest BCUT2D eigenvalue weighted by molar-refractivity contribution is -0.139. The minimum absolute atomic E-state index is 0.0519. The summed E-state index contributed by atoms with van der Waals surface area (Å²) in [6.45, 7) is 5.24. The van der Waals surface area contributed by atoms with Crippen LogP contribution in [0, 0.1) is 12.7 Å². The van der Waals surface area contributed by atoms with E-state index in [4.69, 9.17) is 0 Å². The molecule has 39 heavy (non-hydrogen) atoms. The number of amides is 2. The van der Waals surface area contributed by atoms with Crippen molar-refractivity contribution in [3.63, 3.8) is 0 Å². The maximum absolute atomic E-state index is 15.0. The number of para-hydroxylation sites is 1. The van der Waals surface area contributed by atoms with Gasteiger partial charge in [0.05, 0.1) is 10.6 Å². The Morgan fingerprint density at radius 1 is 1.03 bits per heavy atom. The Labute approximate surface area is 238 Å². The lowest BCUT2D eigenvalue weighted by Gasteiger charge is -2.32. The first kappa shape index (κ1) is 30.3. The van der Waals surface area contributed by atoms with Crippen LogP contribution in [-0.4, -0.2) is 44.3 Å². The molecule has 2 amide bonds. The fraction of sp³-hybridized carbons (Fsp3) is 0.310. The van der Waals surface area contributed by atoms with E-state index >= 15 is 0 Å². The third-order valence-electron chi connectivity index (χ3n) is 6.25. The molecule has 7 nitrogen and oxygen atoms in total. The second kappa shape index (κ2) is 13.7. The number of halogens is 2. The molecule has 0 radical (unpaired) electrons.